The third-order valence-corrected chi connectivity index (χ3v) is 2.65. The fourth-order valence-corrected chi connectivity index (χ4v) is 1.69. The minimum absolute atomic E-state index is 0.266. The summed E-state index contributed by atoms with van der Waals surface area (Å²) in [5.74, 6) is -1.37. The summed E-state index contributed by atoms with van der Waals surface area (Å²) in [5, 5.41) is 11.4. The van der Waals surface area contributed by atoms with Gasteiger partial charge in [0.05, 0.1) is 0 Å². The molecule has 1 unspecified atom stereocenters. The Labute approximate surface area is 112 Å². The van der Waals surface area contributed by atoms with Crippen LogP contribution in [0.4, 0.5) is 0 Å². The predicted octanol–water partition coefficient (Wildman–Crippen LogP) is 0.145. The number of carboxylic acid groups (broad SMARTS) is 1. The third-order valence-electron chi connectivity index (χ3n) is 2.65. The van der Waals surface area contributed by atoms with Crippen LogP contribution in [0.15, 0.2) is 24.4 Å². The first-order valence-corrected chi connectivity index (χ1v) is 6.07. The van der Waals surface area contributed by atoms with Gasteiger partial charge in [0.15, 0.2) is 0 Å². The molecule has 0 saturated heterocycles. The van der Waals surface area contributed by atoms with E-state index >= 15 is 0 Å². The van der Waals surface area contributed by atoms with Crippen LogP contribution in [0.5, 0.6) is 0 Å². The molecule has 1 aromatic heterocycles. The summed E-state index contributed by atoms with van der Waals surface area (Å²) in [6.45, 7) is 2.26. The van der Waals surface area contributed by atoms with Gasteiger partial charge in [-0.2, -0.15) is 0 Å². The number of amides is 1. The normalized spacial score (nSPS) is 12.2. The quantitative estimate of drug-likeness (QED) is 0.733. The van der Waals surface area contributed by atoms with Crippen molar-refractivity contribution in [1.29, 1.82) is 0 Å². The second kappa shape index (κ2) is 7.48. The fraction of sp³-hybridized carbons (Fsp3) is 0.462. The highest BCUT2D eigenvalue weighted by atomic mass is 16.4. The average Bonchev–Trinajstić information content (AvgIpc) is 2.36. The van der Waals surface area contributed by atoms with E-state index in [0.717, 1.165) is 12.1 Å². The van der Waals surface area contributed by atoms with Gasteiger partial charge >= 0.3 is 5.97 Å². The van der Waals surface area contributed by atoms with Gasteiger partial charge in [-0.3, -0.25) is 9.78 Å². The molecule has 0 spiro atoms. The van der Waals surface area contributed by atoms with Crippen molar-refractivity contribution < 1.29 is 14.7 Å². The average molecular weight is 265 g/mol. The van der Waals surface area contributed by atoms with Crippen LogP contribution < -0.4 is 5.32 Å². The lowest BCUT2D eigenvalue weighted by Crippen LogP contribution is -2.47. The SMILES string of the molecule is CC(=O)NC(CN(C)CCc1ccccn1)C(=O)O. The van der Waals surface area contributed by atoms with Crippen LogP contribution in [0.3, 0.4) is 0 Å². The molecular weight excluding hydrogens is 246 g/mol. The summed E-state index contributed by atoms with van der Waals surface area (Å²) in [6, 6.07) is 4.81. The highest BCUT2D eigenvalue weighted by Gasteiger charge is 2.19. The first-order chi connectivity index (χ1) is 8.99. The minimum atomic E-state index is -1.03. The first kappa shape index (κ1) is 15.1. The number of carboxylic acids is 1. The number of aliphatic carboxylic acids is 1. The van der Waals surface area contributed by atoms with E-state index in [9.17, 15) is 9.59 Å². The van der Waals surface area contributed by atoms with Gasteiger partial charge in [-0.15, -0.1) is 0 Å². The lowest BCUT2D eigenvalue weighted by molar-refractivity contribution is -0.142. The zero-order chi connectivity index (χ0) is 14.3. The summed E-state index contributed by atoms with van der Waals surface area (Å²) < 4.78 is 0. The largest absolute Gasteiger partial charge is 0.480 e. The predicted molar refractivity (Wildman–Crippen MR) is 70.7 cm³/mol. The molecule has 19 heavy (non-hydrogen) atoms. The molecule has 0 saturated carbocycles. The number of hydrogen-bond acceptors (Lipinski definition) is 4. The van der Waals surface area contributed by atoms with Gasteiger partial charge in [0, 0.05) is 38.3 Å². The summed E-state index contributed by atoms with van der Waals surface area (Å²) in [7, 11) is 1.82. The fourth-order valence-electron chi connectivity index (χ4n) is 1.69. The molecule has 1 rings (SSSR count). The molecule has 1 atom stereocenters. The van der Waals surface area contributed by atoms with E-state index in [1.54, 1.807) is 6.20 Å². The van der Waals surface area contributed by atoms with Gasteiger partial charge < -0.3 is 15.3 Å². The van der Waals surface area contributed by atoms with Gasteiger partial charge in [-0.05, 0) is 19.2 Å². The maximum atomic E-state index is 11.0. The Morgan fingerprint density at radius 2 is 2.21 bits per heavy atom. The van der Waals surface area contributed by atoms with Crippen LogP contribution in [0, 0.1) is 0 Å². The van der Waals surface area contributed by atoms with Crippen molar-refractivity contribution in [1.82, 2.24) is 15.2 Å². The number of pyridine rings is 1. The maximum Gasteiger partial charge on any atom is 0.327 e. The smallest absolute Gasteiger partial charge is 0.327 e. The number of nitrogens with one attached hydrogen (secondary N) is 1. The summed E-state index contributed by atoms with van der Waals surface area (Å²) >= 11 is 0. The molecule has 1 aromatic rings. The van der Waals surface area contributed by atoms with E-state index in [4.69, 9.17) is 5.11 Å². The van der Waals surface area contributed by atoms with Gasteiger partial charge in [0.25, 0.3) is 0 Å². The molecular formula is C13H19N3O3. The number of nitrogens with zero attached hydrogens (tertiary/aromatic N) is 2. The Bertz CT molecular complexity index is 422. The van der Waals surface area contributed by atoms with Gasteiger partial charge in [-0.25, -0.2) is 4.79 Å². The molecule has 6 nitrogen and oxygen atoms in total. The van der Waals surface area contributed by atoms with Crippen LogP contribution in [0.25, 0.3) is 0 Å². The molecule has 0 aliphatic rings. The molecule has 1 amide bonds. The number of aromatic nitrogens is 1. The van der Waals surface area contributed by atoms with Crippen LogP contribution in [-0.4, -0.2) is 53.0 Å². The van der Waals surface area contributed by atoms with E-state index in [-0.39, 0.29) is 12.5 Å². The molecule has 0 aromatic carbocycles. The monoisotopic (exact) mass is 265 g/mol. The Hall–Kier alpha value is -1.95. The van der Waals surface area contributed by atoms with E-state index in [1.807, 2.05) is 30.1 Å². The maximum absolute atomic E-state index is 11.0. The van der Waals surface area contributed by atoms with E-state index in [1.165, 1.54) is 6.92 Å². The molecule has 2 N–H and O–H groups in total. The second-order valence-electron chi connectivity index (χ2n) is 4.42. The Kier molecular flexibility index (Phi) is 5.95. The number of rotatable bonds is 7. The number of likely N-dealkylation sites (N-methyl/N-ethyl adjacent to an activating group) is 1. The van der Waals surface area contributed by atoms with Crippen molar-refractivity contribution in [2.75, 3.05) is 20.1 Å². The van der Waals surface area contributed by atoms with Gasteiger partial charge in [0.2, 0.25) is 5.91 Å². The Morgan fingerprint density at radius 3 is 2.74 bits per heavy atom. The van der Waals surface area contributed by atoms with Gasteiger partial charge in [-0.1, -0.05) is 6.07 Å². The molecule has 0 fully saturated rings. The zero-order valence-electron chi connectivity index (χ0n) is 11.2. The second-order valence-corrected chi connectivity index (χ2v) is 4.42. The summed E-state index contributed by atoms with van der Waals surface area (Å²) in [4.78, 5) is 28.0. The van der Waals surface area contributed by atoms with Crippen LogP contribution in [0.2, 0.25) is 0 Å². The lowest BCUT2D eigenvalue weighted by atomic mass is 10.2. The van der Waals surface area contributed by atoms with Crippen molar-refractivity contribution in [3.63, 3.8) is 0 Å². The van der Waals surface area contributed by atoms with E-state index < -0.39 is 12.0 Å². The van der Waals surface area contributed by atoms with Crippen molar-refractivity contribution in [2.24, 2.45) is 0 Å². The lowest BCUT2D eigenvalue weighted by Gasteiger charge is -2.21. The molecule has 0 bridgehead atoms. The van der Waals surface area contributed by atoms with Crippen molar-refractivity contribution in [2.45, 2.75) is 19.4 Å². The molecule has 6 heteroatoms. The molecule has 0 aliphatic heterocycles. The third kappa shape index (κ3) is 5.96. The zero-order valence-corrected chi connectivity index (χ0v) is 11.2. The first-order valence-electron chi connectivity index (χ1n) is 6.07. The number of hydrogen-bond donors (Lipinski definition) is 2. The highest BCUT2D eigenvalue weighted by molar-refractivity contribution is 5.82. The Balaban J connectivity index is 2.42. The minimum Gasteiger partial charge on any atom is -0.480 e. The molecule has 104 valence electrons. The van der Waals surface area contributed by atoms with Crippen molar-refractivity contribution in [3.8, 4) is 0 Å². The molecule has 0 aliphatic carbocycles. The van der Waals surface area contributed by atoms with Crippen LogP contribution >= 0.6 is 0 Å². The summed E-state index contributed by atoms with van der Waals surface area (Å²) in [6.07, 6.45) is 2.47. The number of carbonyl (C=O) groups is 2. The van der Waals surface area contributed by atoms with Crippen molar-refractivity contribution in [3.05, 3.63) is 30.1 Å². The summed E-state index contributed by atoms with van der Waals surface area (Å²) in [5.41, 5.74) is 0.959. The van der Waals surface area contributed by atoms with E-state index in [0.29, 0.717) is 6.54 Å². The van der Waals surface area contributed by atoms with Crippen molar-refractivity contribution >= 4 is 11.9 Å². The topological polar surface area (TPSA) is 82.5 Å². The number of carbonyl (C=O) groups excluding carboxylic acids is 1. The van der Waals surface area contributed by atoms with Crippen LogP contribution in [0.1, 0.15) is 12.6 Å². The molecule has 1 heterocycles. The van der Waals surface area contributed by atoms with E-state index in [2.05, 4.69) is 10.3 Å². The Morgan fingerprint density at radius 1 is 1.47 bits per heavy atom. The molecule has 0 radical (unpaired) electrons. The highest BCUT2D eigenvalue weighted by Crippen LogP contribution is 1.98. The standard InChI is InChI=1S/C13H19N3O3/c1-10(17)15-12(13(18)19)9-16(2)8-6-11-5-3-4-7-14-11/h3-5,7,12H,6,8-9H2,1-2H3,(H,15,17)(H,18,19). The van der Waals surface area contributed by atoms with Crippen LogP contribution in [-0.2, 0) is 16.0 Å². The van der Waals surface area contributed by atoms with Gasteiger partial charge in [0.1, 0.15) is 6.04 Å².